The maximum Gasteiger partial charge on any atom is 0.372 e. The summed E-state index contributed by atoms with van der Waals surface area (Å²) < 4.78 is 11.6. The quantitative estimate of drug-likeness (QED) is 0.538. The second-order valence-corrected chi connectivity index (χ2v) is 9.01. The van der Waals surface area contributed by atoms with Gasteiger partial charge in [-0.1, -0.05) is 6.07 Å². The second-order valence-electron chi connectivity index (χ2n) is 5.36. The van der Waals surface area contributed by atoms with Crippen molar-refractivity contribution in [2.75, 3.05) is 5.75 Å². The summed E-state index contributed by atoms with van der Waals surface area (Å²) >= 11 is 2.85. The molecule has 1 saturated heterocycles. The van der Waals surface area contributed by atoms with Crippen LogP contribution in [0.5, 0.6) is 0 Å². The van der Waals surface area contributed by atoms with Gasteiger partial charge in [0.25, 0.3) is 5.91 Å². The maximum absolute atomic E-state index is 12.3. The molecule has 7 nitrogen and oxygen atoms in total. The van der Waals surface area contributed by atoms with Crippen molar-refractivity contribution in [2.24, 2.45) is 0 Å². The minimum Gasteiger partial charge on any atom is -0.341 e. The van der Waals surface area contributed by atoms with Crippen molar-refractivity contribution in [1.82, 2.24) is 10.2 Å². The first-order valence-electron chi connectivity index (χ1n) is 6.81. The summed E-state index contributed by atoms with van der Waals surface area (Å²) in [6.07, 6.45) is 0.194. The van der Waals surface area contributed by atoms with Gasteiger partial charge in [-0.2, -0.15) is 0 Å². The molecule has 0 spiro atoms. The topological polar surface area (TPSA) is 107 Å². The van der Waals surface area contributed by atoms with Gasteiger partial charge in [0.15, 0.2) is 0 Å². The van der Waals surface area contributed by atoms with Gasteiger partial charge in [-0.3, -0.25) is 19.1 Å². The molecule has 10 heteroatoms. The van der Waals surface area contributed by atoms with Crippen molar-refractivity contribution < 1.29 is 23.9 Å². The van der Waals surface area contributed by atoms with Crippen molar-refractivity contribution in [3.8, 4) is 0 Å². The van der Waals surface area contributed by atoms with Crippen molar-refractivity contribution in [3.63, 3.8) is 0 Å². The van der Waals surface area contributed by atoms with Crippen molar-refractivity contribution in [1.29, 1.82) is 0 Å². The van der Waals surface area contributed by atoms with Gasteiger partial charge in [0.05, 0.1) is 6.42 Å². The highest BCUT2D eigenvalue weighted by molar-refractivity contribution is 8.00. The molecule has 0 saturated carbocycles. The van der Waals surface area contributed by atoms with Crippen LogP contribution in [0.4, 0.5) is 0 Å². The van der Waals surface area contributed by atoms with Crippen LogP contribution in [0.3, 0.4) is 0 Å². The third kappa shape index (κ3) is 3.12. The fraction of sp³-hybridized carbons (Fsp3) is 0.385. The number of β-lactam (4-membered cyclic amide) rings is 1. The van der Waals surface area contributed by atoms with E-state index in [4.69, 9.17) is 0 Å². The van der Waals surface area contributed by atoms with Crippen LogP contribution in [0.15, 0.2) is 28.5 Å². The number of fused-ring (bicyclic) bond motifs is 1. The SMILES string of the molecule is CC1=C(P(=O)(O)O)N2C(=O)[C@@H](NC(=O)Cc3cccs3)[C@H]2SC1. The molecule has 0 aliphatic carbocycles. The second kappa shape index (κ2) is 6.07. The largest absolute Gasteiger partial charge is 0.372 e. The number of nitrogens with one attached hydrogen (secondary N) is 1. The maximum atomic E-state index is 12.3. The summed E-state index contributed by atoms with van der Waals surface area (Å²) in [5, 5.41) is 4.08. The van der Waals surface area contributed by atoms with Gasteiger partial charge in [-0.15, -0.1) is 23.1 Å². The Bertz CT molecular complexity index is 727. The van der Waals surface area contributed by atoms with E-state index in [9.17, 15) is 23.9 Å². The molecule has 3 N–H and O–H groups in total. The molecule has 0 aromatic carbocycles. The minimum absolute atomic E-state index is 0.194. The normalized spacial score (nSPS) is 24.3. The molecule has 3 heterocycles. The Morgan fingerprint density at radius 2 is 2.26 bits per heavy atom. The molecule has 2 aliphatic heterocycles. The van der Waals surface area contributed by atoms with Crippen molar-refractivity contribution >= 4 is 42.5 Å². The zero-order valence-electron chi connectivity index (χ0n) is 12.1. The number of rotatable bonds is 4. The van der Waals surface area contributed by atoms with Crippen LogP contribution >= 0.6 is 30.7 Å². The van der Waals surface area contributed by atoms with Gasteiger partial charge < -0.3 is 15.1 Å². The summed E-state index contributed by atoms with van der Waals surface area (Å²) in [5.74, 6) is -0.318. The third-order valence-electron chi connectivity index (χ3n) is 3.63. The van der Waals surface area contributed by atoms with E-state index in [-0.39, 0.29) is 17.8 Å². The molecule has 124 valence electrons. The first-order valence-corrected chi connectivity index (χ1v) is 10.4. The van der Waals surface area contributed by atoms with Crippen molar-refractivity contribution in [2.45, 2.75) is 24.8 Å². The smallest absolute Gasteiger partial charge is 0.341 e. The lowest BCUT2D eigenvalue weighted by Gasteiger charge is -2.50. The van der Waals surface area contributed by atoms with Gasteiger partial charge in [-0.05, 0) is 23.9 Å². The highest BCUT2D eigenvalue weighted by atomic mass is 32.2. The zero-order chi connectivity index (χ0) is 16.8. The molecule has 1 aromatic rings. The van der Waals surface area contributed by atoms with Crippen LogP contribution < -0.4 is 5.32 Å². The van der Waals surface area contributed by atoms with E-state index in [0.29, 0.717) is 11.3 Å². The van der Waals surface area contributed by atoms with Gasteiger partial charge in [-0.25, -0.2) is 0 Å². The predicted octanol–water partition coefficient (Wildman–Crippen LogP) is 1.10. The lowest BCUT2D eigenvalue weighted by Crippen LogP contribution is -2.69. The monoisotopic (exact) mass is 374 g/mol. The number of nitrogens with zero attached hydrogens (tertiary/aromatic N) is 1. The van der Waals surface area contributed by atoms with Crippen LogP contribution in [-0.2, 0) is 20.6 Å². The standard InChI is InChI=1S/C13H15N2O5PS2/c1-7-6-23-13-10(11(17)15(13)12(7)21(18,19)20)14-9(16)5-8-3-2-4-22-8/h2-4,10,13H,5-6H2,1H3,(H,14,16)(H2,18,19,20)/t10-,13-/m1/s1. The van der Waals surface area contributed by atoms with E-state index in [1.165, 1.54) is 23.1 Å². The predicted molar refractivity (Wildman–Crippen MR) is 87.8 cm³/mol. The zero-order valence-corrected chi connectivity index (χ0v) is 14.7. The number of thioether (sulfide) groups is 1. The lowest BCUT2D eigenvalue weighted by atomic mass is 10.1. The Morgan fingerprint density at radius 1 is 1.52 bits per heavy atom. The molecule has 0 bridgehead atoms. The number of amides is 2. The summed E-state index contributed by atoms with van der Waals surface area (Å²) in [6, 6.07) is 2.95. The highest BCUT2D eigenvalue weighted by Gasteiger charge is 2.55. The van der Waals surface area contributed by atoms with Crippen LogP contribution in [0.2, 0.25) is 0 Å². The van der Waals surface area contributed by atoms with Gasteiger partial charge in [0.2, 0.25) is 5.91 Å². The van der Waals surface area contributed by atoms with E-state index in [2.05, 4.69) is 5.32 Å². The number of carbonyl (C=O) groups is 2. The molecule has 1 aromatic heterocycles. The molecular formula is C13H15N2O5PS2. The van der Waals surface area contributed by atoms with E-state index in [1.807, 2.05) is 17.5 Å². The van der Waals surface area contributed by atoms with Crippen LogP contribution in [-0.4, -0.2) is 43.7 Å². The van der Waals surface area contributed by atoms with E-state index < -0.39 is 24.9 Å². The average molecular weight is 374 g/mol. The molecule has 2 aliphatic rings. The summed E-state index contributed by atoms with van der Waals surface area (Å²) in [5.41, 5.74) is 0.284. The van der Waals surface area contributed by atoms with E-state index >= 15 is 0 Å². The molecule has 23 heavy (non-hydrogen) atoms. The van der Waals surface area contributed by atoms with E-state index in [0.717, 1.165) is 9.78 Å². The Hall–Kier alpha value is -1.12. The summed E-state index contributed by atoms with van der Waals surface area (Å²) in [7, 11) is -4.52. The fourth-order valence-corrected chi connectivity index (χ4v) is 5.92. The van der Waals surface area contributed by atoms with Crippen LogP contribution in [0.25, 0.3) is 0 Å². The first-order chi connectivity index (χ1) is 10.8. The molecule has 2 amide bonds. The Kier molecular flexibility index (Phi) is 4.41. The van der Waals surface area contributed by atoms with E-state index in [1.54, 1.807) is 6.92 Å². The fourth-order valence-electron chi connectivity index (χ4n) is 2.66. The molecule has 2 atom stereocenters. The highest BCUT2D eigenvalue weighted by Crippen LogP contribution is 2.55. The Morgan fingerprint density at radius 3 is 2.87 bits per heavy atom. The Labute approximate surface area is 140 Å². The molecule has 3 rings (SSSR count). The lowest BCUT2D eigenvalue weighted by molar-refractivity contribution is -0.145. The third-order valence-corrected chi connectivity index (χ3v) is 7.08. The van der Waals surface area contributed by atoms with Gasteiger partial charge in [0.1, 0.15) is 16.9 Å². The van der Waals surface area contributed by atoms with Crippen LogP contribution in [0.1, 0.15) is 11.8 Å². The number of carbonyl (C=O) groups excluding carboxylic acids is 2. The summed E-state index contributed by atoms with van der Waals surface area (Å²) in [6.45, 7) is 1.60. The molecule has 0 radical (unpaired) electrons. The average Bonchev–Trinajstić information content (AvgIpc) is 2.96. The molecule has 1 fully saturated rings. The number of hydrogen-bond donors (Lipinski definition) is 3. The first kappa shape index (κ1) is 16.7. The van der Waals surface area contributed by atoms with Crippen molar-refractivity contribution in [3.05, 3.63) is 33.4 Å². The molecular weight excluding hydrogens is 359 g/mol. The minimum atomic E-state index is -4.52. The Balaban J connectivity index is 1.71. The van der Waals surface area contributed by atoms with Gasteiger partial charge in [0, 0.05) is 10.6 Å². The molecule has 0 unspecified atom stereocenters. The number of hydrogen-bond acceptors (Lipinski definition) is 5. The summed E-state index contributed by atoms with van der Waals surface area (Å²) in [4.78, 5) is 45.2. The van der Waals surface area contributed by atoms with Gasteiger partial charge >= 0.3 is 7.60 Å². The van der Waals surface area contributed by atoms with Crippen LogP contribution in [0, 0.1) is 0 Å². The number of thiophene rings is 1.